The summed E-state index contributed by atoms with van der Waals surface area (Å²) in [5.41, 5.74) is 4.29. The van der Waals surface area contributed by atoms with Gasteiger partial charge < -0.3 is 0 Å². The first kappa shape index (κ1) is 21.2. The van der Waals surface area contributed by atoms with Crippen LogP contribution in [0, 0.1) is 10.1 Å². The van der Waals surface area contributed by atoms with E-state index in [0.717, 1.165) is 22.5 Å². The topological polar surface area (TPSA) is 107 Å². The van der Waals surface area contributed by atoms with Crippen LogP contribution in [-0.2, 0) is 4.79 Å². The summed E-state index contributed by atoms with van der Waals surface area (Å²) in [6.07, 6.45) is 5.73. The van der Waals surface area contributed by atoms with Crippen molar-refractivity contribution in [1.82, 2.24) is 19.8 Å². The number of nitro benzene ring substituents is 1. The fourth-order valence-corrected chi connectivity index (χ4v) is 4.09. The lowest BCUT2D eigenvalue weighted by Crippen LogP contribution is -2.24. The van der Waals surface area contributed by atoms with Gasteiger partial charge in [-0.15, -0.1) is 0 Å². The molecule has 5 rings (SSSR count). The normalized spacial score (nSPS) is 15.3. The smallest absolute Gasteiger partial charge is 0.270 e. The van der Waals surface area contributed by atoms with Crippen molar-refractivity contribution in [2.45, 2.75) is 19.4 Å². The number of aromatic nitrogens is 3. The maximum atomic E-state index is 12.6. The first-order chi connectivity index (χ1) is 16.5. The quantitative estimate of drug-likeness (QED) is 0.326. The molecule has 0 saturated heterocycles. The number of carbonyl (C=O) groups is 1. The lowest BCUT2D eigenvalue weighted by atomic mass is 9.97. The molecule has 34 heavy (non-hydrogen) atoms. The highest BCUT2D eigenvalue weighted by Gasteiger charge is 2.35. The summed E-state index contributed by atoms with van der Waals surface area (Å²) in [5, 5.41) is 22.2. The Morgan fingerprint density at radius 1 is 1.06 bits per heavy atom. The number of hydrogen-bond donors (Lipinski definition) is 0. The van der Waals surface area contributed by atoms with Gasteiger partial charge in [0.1, 0.15) is 0 Å². The van der Waals surface area contributed by atoms with Gasteiger partial charge in [0.25, 0.3) is 5.69 Å². The number of para-hydroxylation sites is 1. The average Bonchev–Trinajstić information content (AvgIpc) is 3.50. The number of amides is 1. The van der Waals surface area contributed by atoms with Crippen molar-refractivity contribution in [2.75, 3.05) is 0 Å². The van der Waals surface area contributed by atoms with Gasteiger partial charge in [-0.1, -0.05) is 36.4 Å². The highest BCUT2D eigenvalue weighted by Crippen LogP contribution is 2.38. The average molecular weight is 452 g/mol. The number of pyridine rings is 1. The molecule has 1 unspecified atom stereocenters. The van der Waals surface area contributed by atoms with Crippen LogP contribution in [0.4, 0.5) is 5.69 Å². The van der Waals surface area contributed by atoms with E-state index in [4.69, 9.17) is 5.10 Å². The SMILES string of the molecule is CC(=O)N1N=C(c2cccnc2)CC1c1cn(-c2ccccc2)nc1-c1cccc([N+](=O)[O-])c1. The zero-order valence-corrected chi connectivity index (χ0v) is 18.3. The molecule has 1 aliphatic rings. The number of non-ortho nitro benzene ring substituents is 1. The van der Waals surface area contributed by atoms with Gasteiger partial charge in [0.05, 0.1) is 28.1 Å². The first-order valence-corrected chi connectivity index (χ1v) is 10.7. The number of benzene rings is 2. The van der Waals surface area contributed by atoms with Crippen LogP contribution < -0.4 is 0 Å². The molecule has 9 nitrogen and oxygen atoms in total. The summed E-state index contributed by atoms with van der Waals surface area (Å²) >= 11 is 0. The Kier molecular flexibility index (Phi) is 5.43. The Morgan fingerprint density at radius 3 is 2.56 bits per heavy atom. The van der Waals surface area contributed by atoms with E-state index in [9.17, 15) is 14.9 Å². The minimum atomic E-state index is -0.432. The Balaban J connectivity index is 1.64. The zero-order chi connectivity index (χ0) is 23.7. The van der Waals surface area contributed by atoms with E-state index in [1.807, 2.05) is 48.7 Å². The molecular formula is C25H20N6O3. The second-order valence-electron chi connectivity index (χ2n) is 7.89. The predicted octanol–water partition coefficient (Wildman–Crippen LogP) is 4.54. The molecule has 1 atom stereocenters. The van der Waals surface area contributed by atoms with E-state index in [1.54, 1.807) is 29.2 Å². The Bertz CT molecular complexity index is 1400. The van der Waals surface area contributed by atoms with Crippen LogP contribution in [0.5, 0.6) is 0 Å². The molecular weight excluding hydrogens is 432 g/mol. The van der Waals surface area contributed by atoms with Gasteiger partial charge in [0.15, 0.2) is 0 Å². The minimum absolute atomic E-state index is 0.0279. The molecule has 3 heterocycles. The monoisotopic (exact) mass is 452 g/mol. The Labute approximate surface area is 195 Å². The molecule has 0 radical (unpaired) electrons. The van der Waals surface area contributed by atoms with Crippen molar-refractivity contribution >= 4 is 17.3 Å². The summed E-state index contributed by atoms with van der Waals surface area (Å²) in [4.78, 5) is 27.7. The van der Waals surface area contributed by atoms with Gasteiger partial charge in [0.2, 0.25) is 5.91 Å². The molecule has 1 amide bonds. The number of hydrazone groups is 1. The Hall–Kier alpha value is -4.66. The summed E-state index contributed by atoms with van der Waals surface area (Å²) in [7, 11) is 0. The highest BCUT2D eigenvalue weighted by atomic mass is 16.6. The third kappa shape index (κ3) is 3.95. The van der Waals surface area contributed by atoms with Gasteiger partial charge in [0, 0.05) is 60.8 Å². The van der Waals surface area contributed by atoms with Crippen LogP contribution >= 0.6 is 0 Å². The van der Waals surface area contributed by atoms with E-state index >= 15 is 0 Å². The molecule has 2 aromatic carbocycles. The van der Waals surface area contributed by atoms with Crippen LogP contribution in [0.25, 0.3) is 16.9 Å². The van der Waals surface area contributed by atoms with E-state index in [0.29, 0.717) is 17.7 Å². The van der Waals surface area contributed by atoms with Gasteiger partial charge in [-0.2, -0.15) is 10.2 Å². The fraction of sp³-hybridized carbons (Fsp3) is 0.120. The number of nitrogens with zero attached hydrogens (tertiary/aromatic N) is 6. The van der Waals surface area contributed by atoms with E-state index in [2.05, 4.69) is 10.1 Å². The van der Waals surface area contributed by atoms with Crippen LogP contribution in [0.15, 0.2) is 90.4 Å². The largest absolute Gasteiger partial charge is 0.273 e. The summed E-state index contributed by atoms with van der Waals surface area (Å²) in [5.74, 6) is -0.207. The minimum Gasteiger partial charge on any atom is -0.273 e. The molecule has 2 aromatic heterocycles. The van der Waals surface area contributed by atoms with Gasteiger partial charge in [-0.3, -0.25) is 19.9 Å². The van der Waals surface area contributed by atoms with Crippen molar-refractivity contribution in [3.05, 3.63) is 107 Å². The van der Waals surface area contributed by atoms with Crippen molar-refractivity contribution < 1.29 is 9.72 Å². The molecule has 4 aromatic rings. The van der Waals surface area contributed by atoms with Gasteiger partial charge >= 0.3 is 0 Å². The predicted molar refractivity (Wildman–Crippen MR) is 126 cm³/mol. The van der Waals surface area contributed by atoms with Crippen molar-refractivity contribution in [2.24, 2.45) is 5.10 Å². The fourth-order valence-electron chi connectivity index (χ4n) is 4.09. The molecule has 0 fully saturated rings. The first-order valence-electron chi connectivity index (χ1n) is 10.7. The van der Waals surface area contributed by atoms with E-state index in [-0.39, 0.29) is 11.6 Å². The Morgan fingerprint density at radius 2 is 1.85 bits per heavy atom. The highest BCUT2D eigenvalue weighted by molar-refractivity contribution is 6.03. The zero-order valence-electron chi connectivity index (χ0n) is 18.3. The van der Waals surface area contributed by atoms with E-state index < -0.39 is 11.0 Å². The van der Waals surface area contributed by atoms with Crippen LogP contribution in [0.1, 0.15) is 30.5 Å². The van der Waals surface area contributed by atoms with Crippen molar-refractivity contribution in [1.29, 1.82) is 0 Å². The summed E-state index contributed by atoms with van der Waals surface area (Å²) < 4.78 is 1.73. The van der Waals surface area contributed by atoms with Crippen molar-refractivity contribution in [3.63, 3.8) is 0 Å². The third-order valence-corrected chi connectivity index (χ3v) is 5.68. The van der Waals surface area contributed by atoms with Crippen LogP contribution in [-0.4, -0.2) is 36.3 Å². The maximum absolute atomic E-state index is 12.6. The van der Waals surface area contributed by atoms with Crippen LogP contribution in [0.3, 0.4) is 0 Å². The lowest BCUT2D eigenvalue weighted by Gasteiger charge is -2.20. The summed E-state index contributed by atoms with van der Waals surface area (Å²) in [6.45, 7) is 1.47. The molecule has 168 valence electrons. The molecule has 0 spiro atoms. The number of carbonyl (C=O) groups excluding carboxylic acids is 1. The standard InChI is InChI=1S/C25H20N6O3/c1-17(32)30-24(14-23(27-30)19-8-6-12-26-15-19)22-16-29(20-9-3-2-4-10-20)28-25(22)18-7-5-11-21(13-18)31(33)34/h2-13,15-16,24H,14H2,1H3. The molecule has 9 heteroatoms. The molecule has 0 saturated carbocycles. The van der Waals surface area contributed by atoms with Gasteiger partial charge in [-0.25, -0.2) is 9.69 Å². The molecule has 0 bridgehead atoms. The maximum Gasteiger partial charge on any atom is 0.270 e. The van der Waals surface area contributed by atoms with Crippen molar-refractivity contribution in [3.8, 4) is 16.9 Å². The number of hydrogen-bond acceptors (Lipinski definition) is 6. The summed E-state index contributed by atoms with van der Waals surface area (Å²) in [6, 6.07) is 19.2. The van der Waals surface area contributed by atoms with Crippen LogP contribution in [0.2, 0.25) is 0 Å². The molecule has 0 aliphatic carbocycles. The third-order valence-electron chi connectivity index (χ3n) is 5.68. The lowest BCUT2D eigenvalue weighted by molar-refractivity contribution is -0.384. The number of rotatable bonds is 5. The second kappa shape index (κ2) is 8.70. The van der Waals surface area contributed by atoms with E-state index in [1.165, 1.54) is 24.1 Å². The second-order valence-corrected chi connectivity index (χ2v) is 7.89. The number of nitro groups is 1. The molecule has 0 N–H and O–H groups in total. The molecule has 1 aliphatic heterocycles. The van der Waals surface area contributed by atoms with Gasteiger partial charge in [-0.05, 0) is 18.2 Å².